The van der Waals surface area contributed by atoms with Gasteiger partial charge in [-0.15, -0.1) is 0 Å². The molecule has 0 fully saturated rings. The fourth-order valence-electron chi connectivity index (χ4n) is 0.556. The third-order valence-electron chi connectivity index (χ3n) is 0.977. The number of nitrogens with two attached hydrogens (primary N) is 2. The van der Waals surface area contributed by atoms with Gasteiger partial charge in [-0.25, -0.2) is 0 Å². The lowest BCUT2D eigenvalue weighted by Gasteiger charge is -1.77. The molecule has 0 aromatic heterocycles. The largest absolute Gasteiger partial charge is 0.546 e. The van der Waals surface area contributed by atoms with Crippen LogP contribution < -0.4 is 16.8 Å². The number of hydrogen-bond acceptors (Lipinski definition) is 2. The highest BCUT2D eigenvalue weighted by Gasteiger charge is 2.12. The molecule has 6 heteroatoms. The van der Waals surface area contributed by atoms with Crippen LogP contribution in [0.25, 0.3) is 0 Å². The van der Waals surface area contributed by atoms with Crippen LogP contribution in [0.15, 0.2) is 30.3 Å². The molecule has 0 saturated heterocycles. The summed E-state index contributed by atoms with van der Waals surface area (Å²) < 4.78 is 10.3. The van der Waals surface area contributed by atoms with E-state index in [1.165, 1.54) is 0 Å². The van der Waals surface area contributed by atoms with Gasteiger partial charge in [-0.1, -0.05) is 18.2 Å². The summed E-state index contributed by atoms with van der Waals surface area (Å²) in [7, 11) is -2.15. The average Bonchev–Trinajstić information content (AvgIpc) is 2.05. The van der Waals surface area contributed by atoms with Gasteiger partial charge in [-0.3, -0.25) is 5.41 Å². The molecule has 6 N–H and O–H groups in total. The van der Waals surface area contributed by atoms with E-state index in [0.717, 1.165) is 0 Å². The molecular formula is C7H11N3O2P+. The van der Waals surface area contributed by atoms with Crippen LogP contribution >= 0.6 is 8.03 Å². The zero-order valence-corrected chi connectivity index (χ0v) is 7.74. The van der Waals surface area contributed by atoms with Crippen LogP contribution in [0.1, 0.15) is 0 Å². The molecule has 0 bridgehead atoms. The Kier molecular flexibility index (Phi) is 5.43. The van der Waals surface area contributed by atoms with Gasteiger partial charge in [-0.05, 0) is 16.7 Å². The molecule has 1 aromatic carbocycles. The fourth-order valence-corrected chi connectivity index (χ4v) is 0.983. The van der Waals surface area contributed by atoms with E-state index in [-0.39, 0.29) is 5.96 Å². The maximum Gasteiger partial charge on any atom is 0.546 e. The van der Waals surface area contributed by atoms with Crippen molar-refractivity contribution in [2.24, 2.45) is 11.5 Å². The molecule has 0 aliphatic heterocycles. The predicted octanol–water partition coefficient (Wildman–Crippen LogP) is -0.115. The van der Waals surface area contributed by atoms with Crippen molar-refractivity contribution < 1.29 is 9.46 Å². The summed E-state index contributed by atoms with van der Waals surface area (Å²) in [6.07, 6.45) is 0. The molecule has 0 spiro atoms. The molecular weight excluding hydrogens is 189 g/mol. The quantitative estimate of drug-likeness (QED) is 0.287. The standard InChI is InChI=1S/C6H5O2P.CH5N3/c7-9(8)6-4-2-1-3-5-6;2-1(3)4/h1-5H;(H5,2,3,4)/p+1. The van der Waals surface area contributed by atoms with Crippen LogP contribution in [0.4, 0.5) is 0 Å². The molecule has 1 aromatic rings. The van der Waals surface area contributed by atoms with Crippen LogP contribution in [0.2, 0.25) is 0 Å². The van der Waals surface area contributed by atoms with Gasteiger partial charge >= 0.3 is 8.03 Å². The second-order valence-corrected chi connectivity index (χ2v) is 3.13. The van der Waals surface area contributed by atoms with Gasteiger partial charge in [0.15, 0.2) is 5.96 Å². The monoisotopic (exact) mass is 200 g/mol. The number of nitrogens with one attached hydrogen (secondary N) is 1. The minimum absolute atomic E-state index is 0.333. The lowest BCUT2D eigenvalue weighted by Crippen LogP contribution is -2.20. The van der Waals surface area contributed by atoms with E-state index in [2.05, 4.69) is 11.5 Å². The molecule has 0 aliphatic carbocycles. The van der Waals surface area contributed by atoms with Crippen LogP contribution in [-0.4, -0.2) is 10.9 Å². The maximum atomic E-state index is 10.3. The molecule has 0 heterocycles. The molecule has 1 unspecified atom stereocenters. The molecule has 0 amide bonds. The topological polar surface area (TPSA) is 113 Å². The normalized spacial score (nSPS) is 9.46. The van der Waals surface area contributed by atoms with E-state index in [4.69, 9.17) is 10.3 Å². The maximum absolute atomic E-state index is 10.3. The van der Waals surface area contributed by atoms with Crippen LogP contribution in [0.5, 0.6) is 0 Å². The van der Waals surface area contributed by atoms with E-state index in [0.29, 0.717) is 5.30 Å². The Balaban J connectivity index is 0.000000310. The number of hydrogen-bond donors (Lipinski definition) is 4. The first kappa shape index (κ1) is 11.6. The van der Waals surface area contributed by atoms with Crippen molar-refractivity contribution >= 4 is 19.3 Å². The van der Waals surface area contributed by atoms with Crippen molar-refractivity contribution in [1.82, 2.24) is 0 Å². The van der Waals surface area contributed by atoms with Crippen molar-refractivity contribution in [2.45, 2.75) is 0 Å². The average molecular weight is 200 g/mol. The second kappa shape index (κ2) is 6.11. The molecule has 13 heavy (non-hydrogen) atoms. The highest BCUT2D eigenvalue weighted by Crippen LogP contribution is 2.10. The fraction of sp³-hybridized carbons (Fsp3) is 0. The van der Waals surface area contributed by atoms with Crippen LogP contribution in [0, 0.1) is 5.41 Å². The van der Waals surface area contributed by atoms with Gasteiger partial charge in [0.05, 0.1) is 0 Å². The van der Waals surface area contributed by atoms with Crippen LogP contribution in [-0.2, 0) is 4.57 Å². The third-order valence-corrected chi connectivity index (χ3v) is 1.72. The van der Waals surface area contributed by atoms with E-state index >= 15 is 0 Å². The van der Waals surface area contributed by atoms with Gasteiger partial charge in [0.25, 0.3) is 0 Å². The lowest BCUT2D eigenvalue weighted by atomic mass is 10.4. The Labute approximate surface area is 76.8 Å². The summed E-state index contributed by atoms with van der Waals surface area (Å²) >= 11 is 0. The number of rotatable bonds is 1. The van der Waals surface area contributed by atoms with Gasteiger partial charge < -0.3 is 11.5 Å². The van der Waals surface area contributed by atoms with Crippen molar-refractivity contribution in [3.05, 3.63) is 30.3 Å². The Morgan fingerprint density at radius 3 is 1.92 bits per heavy atom. The minimum Gasteiger partial charge on any atom is -0.370 e. The predicted molar refractivity (Wildman–Crippen MR) is 52.0 cm³/mol. The van der Waals surface area contributed by atoms with E-state index in [1.54, 1.807) is 24.3 Å². The van der Waals surface area contributed by atoms with E-state index in [9.17, 15) is 4.57 Å². The van der Waals surface area contributed by atoms with Gasteiger partial charge in [0.2, 0.25) is 5.30 Å². The first-order valence-corrected chi connectivity index (χ1v) is 4.56. The highest BCUT2D eigenvalue weighted by molar-refractivity contribution is 7.47. The Hall–Kier alpha value is -1.45. The summed E-state index contributed by atoms with van der Waals surface area (Å²) in [4.78, 5) is 8.53. The smallest absolute Gasteiger partial charge is 0.370 e. The molecule has 0 radical (unpaired) electrons. The van der Waals surface area contributed by atoms with Crippen molar-refractivity contribution in [3.63, 3.8) is 0 Å². The van der Waals surface area contributed by atoms with Gasteiger partial charge in [0.1, 0.15) is 0 Å². The van der Waals surface area contributed by atoms with Crippen molar-refractivity contribution in [3.8, 4) is 0 Å². The molecule has 1 atom stereocenters. The molecule has 5 nitrogen and oxygen atoms in total. The first-order chi connectivity index (χ1) is 6.04. The van der Waals surface area contributed by atoms with Gasteiger partial charge in [-0.2, -0.15) is 4.89 Å². The summed E-state index contributed by atoms with van der Waals surface area (Å²) in [5.74, 6) is -0.333. The van der Waals surface area contributed by atoms with Crippen LogP contribution in [0.3, 0.4) is 0 Å². The molecule has 0 aliphatic rings. The Morgan fingerprint density at radius 1 is 1.31 bits per heavy atom. The lowest BCUT2D eigenvalue weighted by molar-refractivity contribution is 0.513. The zero-order chi connectivity index (χ0) is 10.3. The SMILES string of the molecule is N=C(N)N.O=[P+](O)c1ccccc1. The summed E-state index contributed by atoms with van der Waals surface area (Å²) in [6, 6.07) is 8.53. The van der Waals surface area contributed by atoms with E-state index in [1.807, 2.05) is 6.07 Å². The van der Waals surface area contributed by atoms with Crippen molar-refractivity contribution in [2.75, 3.05) is 0 Å². The van der Waals surface area contributed by atoms with Gasteiger partial charge in [0, 0.05) is 0 Å². The minimum atomic E-state index is -2.15. The molecule has 1 rings (SSSR count). The second-order valence-electron chi connectivity index (χ2n) is 2.06. The summed E-state index contributed by atoms with van der Waals surface area (Å²) in [5.41, 5.74) is 8.94. The summed E-state index contributed by atoms with van der Waals surface area (Å²) in [6.45, 7) is 0. The highest BCUT2D eigenvalue weighted by atomic mass is 31.1. The molecule has 70 valence electrons. The molecule has 0 saturated carbocycles. The van der Waals surface area contributed by atoms with E-state index < -0.39 is 8.03 Å². The number of benzene rings is 1. The Morgan fingerprint density at radius 2 is 1.69 bits per heavy atom. The summed E-state index contributed by atoms with van der Waals surface area (Å²) in [5, 5.41) is 6.53. The third kappa shape index (κ3) is 6.93. The number of guanidine groups is 1. The Bertz CT molecular complexity index is 285. The van der Waals surface area contributed by atoms with Crippen molar-refractivity contribution in [1.29, 1.82) is 5.41 Å². The first-order valence-electron chi connectivity index (χ1n) is 3.34. The zero-order valence-electron chi connectivity index (χ0n) is 6.84.